The maximum atomic E-state index is 12.2. The molecule has 0 fully saturated rings. The van der Waals surface area contributed by atoms with Gasteiger partial charge in [-0.3, -0.25) is 4.79 Å². The molecule has 0 aromatic heterocycles. The second kappa shape index (κ2) is 5.21. The van der Waals surface area contributed by atoms with Crippen molar-refractivity contribution in [1.82, 2.24) is 5.12 Å². The lowest BCUT2D eigenvalue weighted by Crippen LogP contribution is -2.25. The summed E-state index contributed by atoms with van der Waals surface area (Å²) < 4.78 is 0. The highest BCUT2D eigenvalue weighted by atomic mass is 16.1. The number of hydrogen-bond donors (Lipinski definition) is 0. The number of fused-ring (bicyclic) bond motifs is 3. The SMILES string of the molecule is C=NN1N=C2C(=NC1=C)C(=O)c1cc(C)ccc12.CC. The van der Waals surface area contributed by atoms with Crippen LogP contribution in [0.2, 0.25) is 0 Å². The second-order valence-corrected chi connectivity index (χ2v) is 4.13. The van der Waals surface area contributed by atoms with Gasteiger partial charge in [0, 0.05) is 17.8 Å². The summed E-state index contributed by atoms with van der Waals surface area (Å²) in [5.74, 6) is 0.180. The zero-order chi connectivity index (χ0) is 14.9. The summed E-state index contributed by atoms with van der Waals surface area (Å²) >= 11 is 0. The molecule has 0 spiro atoms. The largest absolute Gasteiger partial charge is 0.287 e. The Balaban J connectivity index is 0.000000704. The topological polar surface area (TPSA) is 57.4 Å². The molecule has 1 aromatic rings. The molecule has 1 heterocycles. The lowest BCUT2D eigenvalue weighted by molar-refractivity contribution is 0.106. The molecule has 0 N–H and O–H groups in total. The number of ketones is 1. The van der Waals surface area contributed by atoms with Gasteiger partial charge in [-0.2, -0.15) is 5.10 Å². The van der Waals surface area contributed by atoms with Crippen molar-refractivity contribution in [2.24, 2.45) is 15.2 Å². The highest BCUT2D eigenvalue weighted by molar-refractivity contribution is 6.78. The monoisotopic (exact) mass is 268 g/mol. The van der Waals surface area contributed by atoms with Crippen LogP contribution in [-0.4, -0.2) is 29.0 Å². The Hall–Kier alpha value is -2.56. The third-order valence-electron chi connectivity index (χ3n) is 2.91. The number of aliphatic imine (C=N–C) groups is 1. The molecule has 5 nitrogen and oxygen atoms in total. The van der Waals surface area contributed by atoms with Gasteiger partial charge < -0.3 is 0 Å². The number of carbonyl (C=O) groups excluding carboxylic acids is 1. The summed E-state index contributed by atoms with van der Waals surface area (Å²) in [6.45, 7) is 13.0. The minimum atomic E-state index is -0.114. The molecule has 0 radical (unpaired) electrons. The number of carbonyl (C=O) groups is 1. The Morgan fingerprint density at radius 2 is 1.90 bits per heavy atom. The average molecular weight is 268 g/mol. The number of benzene rings is 1. The molecule has 1 aliphatic carbocycles. The van der Waals surface area contributed by atoms with Crippen LogP contribution in [0.15, 0.2) is 45.8 Å². The predicted molar refractivity (Wildman–Crippen MR) is 81.4 cm³/mol. The molecule has 0 bridgehead atoms. The van der Waals surface area contributed by atoms with Crippen LogP contribution in [-0.2, 0) is 0 Å². The maximum Gasteiger partial charge on any atom is 0.214 e. The van der Waals surface area contributed by atoms with E-state index in [4.69, 9.17) is 0 Å². The van der Waals surface area contributed by atoms with Crippen molar-refractivity contribution in [3.63, 3.8) is 0 Å². The van der Waals surface area contributed by atoms with Gasteiger partial charge in [-0.15, -0.1) is 10.2 Å². The van der Waals surface area contributed by atoms with Gasteiger partial charge in [-0.1, -0.05) is 38.1 Å². The van der Waals surface area contributed by atoms with E-state index in [0.29, 0.717) is 22.8 Å². The van der Waals surface area contributed by atoms with Crippen molar-refractivity contribution in [2.75, 3.05) is 0 Å². The fourth-order valence-electron chi connectivity index (χ4n) is 2.06. The number of aryl methyl sites for hydroxylation is 1. The van der Waals surface area contributed by atoms with Crippen molar-refractivity contribution >= 4 is 23.9 Å². The first-order valence-corrected chi connectivity index (χ1v) is 6.41. The first-order chi connectivity index (χ1) is 9.61. The Labute approximate surface area is 118 Å². The van der Waals surface area contributed by atoms with Crippen LogP contribution in [0.3, 0.4) is 0 Å². The van der Waals surface area contributed by atoms with Crippen molar-refractivity contribution in [3.8, 4) is 0 Å². The highest BCUT2D eigenvalue weighted by Crippen LogP contribution is 2.27. The fraction of sp³-hybridized carbons (Fsp3) is 0.200. The minimum absolute atomic E-state index is 0.114. The van der Waals surface area contributed by atoms with Gasteiger partial charge in [0.15, 0.2) is 5.82 Å². The van der Waals surface area contributed by atoms with Crippen molar-refractivity contribution in [2.45, 2.75) is 20.8 Å². The van der Waals surface area contributed by atoms with Crippen LogP contribution in [0.25, 0.3) is 0 Å². The summed E-state index contributed by atoms with van der Waals surface area (Å²) in [5.41, 5.74) is 3.31. The number of hydrazone groups is 2. The molecule has 102 valence electrons. The second-order valence-electron chi connectivity index (χ2n) is 4.13. The van der Waals surface area contributed by atoms with Gasteiger partial charge in [-0.25, -0.2) is 4.99 Å². The zero-order valence-corrected chi connectivity index (χ0v) is 11.8. The quantitative estimate of drug-likeness (QED) is 0.735. The van der Waals surface area contributed by atoms with Gasteiger partial charge in [0.1, 0.15) is 11.4 Å². The Bertz CT molecular complexity index is 670. The number of rotatable bonds is 1. The standard InChI is InChI=1S/C13H10N4O.C2H6/c1-7-4-5-9-10(6-7)13(18)12-11(9)16-17(14-3)8(2)15-12;1-2/h4-6H,2-3H2,1H3;1-2H3. The molecular weight excluding hydrogens is 252 g/mol. The van der Waals surface area contributed by atoms with E-state index in [2.05, 4.69) is 28.5 Å². The van der Waals surface area contributed by atoms with Crippen LogP contribution < -0.4 is 0 Å². The van der Waals surface area contributed by atoms with E-state index >= 15 is 0 Å². The molecule has 0 saturated carbocycles. The van der Waals surface area contributed by atoms with Crippen LogP contribution in [0.4, 0.5) is 0 Å². The van der Waals surface area contributed by atoms with Crippen molar-refractivity contribution in [3.05, 3.63) is 47.3 Å². The van der Waals surface area contributed by atoms with E-state index in [1.165, 1.54) is 5.12 Å². The number of nitrogens with zero attached hydrogens (tertiary/aromatic N) is 4. The van der Waals surface area contributed by atoms with E-state index in [9.17, 15) is 4.79 Å². The van der Waals surface area contributed by atoms with E-state index in [0.717, 1.165) is 11.1 Å². The van der Waals surface area contributed by atoms with Gasteiger partial charge >= 0.3 is 0 Å². The average Bonchev–Trinajstić information content (AvgIpc) is 2.73. The smallest absolute Gasteiger partial charge is 0.214 e. The normalized spacial score (nSPS) is 15.7. The minimum Gasteiger partial charge on any atom is -0.287 e. The third kappa shape index (κ3) is 1.97. The summed E-state index contributed by atoms with van der Waals surface area (Å²) in [4.78, 5) is 16.4. The van der Waals surface area contributed by atoms with Crippen LogP contribution in [0.5, 0.6) is 0 Å². The molecule has 0 unspecified atom stereocenters. The maximum absolute atomic E-state index is 12.2. The first kappa shape index (κ1) is 13.9. The molecule has 0 saturated heterocycles. The van der Waals surface area contributed by atoms with Crippen molar-refractivity contribution < 1.29 is 4.79 Å². The van der Waals surface area contributed by atoms with Crippen molar-refractivity contribution in [1.29, 1.82) is 0 Å². The fourth-order valence-corrected chi connectivity index (χ4v) is 2.06. The molecule has 1 aliphatic heterocycles. The van der Waals surface area contributed by atoms with E-state index in [-0.39, 0.29) is 5.78 Å². The van der Waals surface area contributed by atoms with Gasteiger partial charge in [0.25, 0.3) is 0 Å². The molecule has 0 amide bonds. The number of hydrogen-bond acceptors (Lipinski definition) is 5. The third-order valence-corrected chi connectivity index (χ3v) is 2.91. The van der Waals surface area contributed by atoms with Crippen LogP contribution in [0.1, 0.15) is 35.3 Å². The highest BCUT2D eigenvalue weighted by Gasteiger charge is 2.36. The van der Waals surface area contributed by atoms with Gasteiger partial charge in [0.2, 0.25) is 5.78 Å². The van der Waals surface area contributed by atoms with Gasteiger partial charge in [-0.05, 0) is 13.0 Å². The van der Waals surface area contributed by atoms with E-state index in [1.54, 1.807) is 0 Å². The van der Waals surface area contributed by atoms with Crippen LogP contribution >= 0.6 is 0 Å². The first-order valence-electron chi connectivity index (χ1n) is 6.41. The molecular formula is C15H16N4O. The number of Topliss-reactive ketones (excluding diaryl/α,β-unsaturated/α-hetero) is 1. The molecule has 2 aliphatic rings. The Morgan fingerprint density at radius 3 is 2.55 bits per heavy atom. The summed E-state index contributed by atoms with van der Waals surface area (Å²) in [6.07, 6.45) is 0. The zero-order valence-electron chi connectivity index (χ0n) is 11.8. The Kier molecular flexibility index (Phi) is 3.61. The molecule has 3 rings (SSSR count). The summed E-state index contributed by atoms with van der Waals surface area (Å²) in [6, 6.07) is 5.65. The molecule has 1 aromatic carbocycles. The summed E-state index contributed by atoms with van der Waals surface area (Å²) in [5, 5.41) is 9.14. The predicted octanol–water partition coefficient (Wildman–Crippen LogP) is 2.77. The van der Waals surface area contributed by atoms with Gasteiger partial charge in [0.05, 0.1) is 0 Å². The lowest BCUT2D eigenvalue weighted by atomic mass is 10.1. The molecule has 0 atom stereocenters. The summed E-state index contributed by atoms with van der Waals surface area (Å²) in [7, 11) is 0. The van der Waals surface area contributed by atoms with Crippen LogP contribution in [0, 0.1) is 6.92 Å². The molecule has 20 heavy (non-hydrogen) atoms. The Morgan fingerprint density at radius 1 is 1.20 bits per heavy atom. The lowest BCUT2D eigenvalue weighted by Gasteiger charge is -2.17. The molecule has 5 heteroatoms. The van der Waals surface area contributed by atoms with E-state index < -0.39 is 0 Å². The van der Waals surface area contributed by atoms with E-state index in [1.807, 2.05) is 39.0 Å².